The van der Waals surface area contributed by atoms with E-state index in [-0.39, 0.29) is 0 Å². The van der Waals surface area contributed by atoms with Gasteiger partial charge in [0.2, 0.25) is 0 Å². The van der Waals surface area contributed by atoms with Crippen molar-refractivity contribution in [2.75, 3.05) is 18.4 Å². The molecule has 2 aromatic rings. The van der Waals surface area contributed by atoms with Crippen molar-refractivity contribution in [3.05, 3.63) is 35.5 Å². The van der Waals surface area contributed by atoms with Gasteiger partial charge >= 0.3 is 0 Å². The van der Waals surface area contributed by atoms with Crippen molar-refractivity contribution in [2.24, 2.45) is 0 Å². The van der Waals surface area contributed by atoms with E-state index in [0.29, 0.717) is 6.04 Å². The third-order valence-electron chi connectivity index (χ3n) is 5.21. The molecule has 0 atom stereocenters. The van der Waals surface area contributed by atoms with Crippen LogP contribution in [0.5, 0.6) is 0 Å². The van der Waals surface area contributed by atoms with Gasteiger partial charge in [-0.3, -0.25) is 9.58 Å². The molecule has 4 heterocycles. The summed E-state index contributed by atoms with van der Waals surface area (Å²) in [4.78, 5) is 11.0. The maximum absolute atomic E-state index is 4.56. The zero-order valence-electron chi connectivity index (χ0n) is 14.4. The minimum absolute atomic E-state index is 0.511. The minimum atomic E-state index is 0.511. The van der Waals surface area contributed by atoms with E-state index in [1.165, 1.54) is 30.5 Å². The topological polar surface area (TPSA) is 58.9 Å². The highest BCUT2D eigenvalue weighted by Gasteiger charge is 2.22. The van der Waals surface area contributed by atoms with Crippen LogP contribution in [0.25, 0.3) is 0 Å². The molecule has 0 spiro atoms. The largest absolute Gasteiger partial charge is 0.367 e. The lowest BCUT2D eigenvalue weighted by Crippen LogP contribution is -2.39. The lowest BCUT2D eigenvalue weighted by molar-refractivity contribution is 0.210. The standard InChI is InChI=1S/C18H26N6/c1-14-10-18(20-13-19-14)22-16-5-8-23(9-6-16)12-15-11-21-24-7-3-2-4-17(15)24/h10-11,13,16H,2-9,12H2,1H3,(H,19,20,22). The molecule has 4 rings (SSSR count). The molecule has 0 aromatic carbocycles. The second-order valence-corrected chi connectivity index (χ2v) is 7.04. The first-order chi connectivity index (χ1) is 11.8. The van der Waals surface area contributed by atoms with Crippen LogP contribution in [-0.4, -0.2) is 43.8 Å². The van der Waals surface area contributed by atoms with Crippen LogP contribution in [0.2, 0.25) is 0 Å². The van der Waals surface area contributed by atoms with Crippen molar-refractivity contribution in [1.82, 2.24) is 24.6 Å². The van der Waals surface area contributed by atoms with Crippen molar-refractivity contribution < 1.29 is 0 Å². The van der Waals surface area contributed by atoms with E-state index in [4.69, 9.17) is 0 Å². The predicted octanol–water partition coefficient (Wildman–Crippen LogP) is 2.39. The van der Waals surface area contributed by atoms with Crippen LogP contribution >= 0.6 is 0 Å². The first-order valence-electron chi connectivity index (χ1n) is 9.09. The van der Waals surface area contributed by atoms with E-state index in [1.807, 2.05) is 13.0 Å². The fraction of sp³-hybridized carbons (Fsp3) is 0.611. The van der Waals surface area contributed by atoms with Gasteiger partial charge < -0.3 is 5.32 Å². The van der Waals surface area contributed by atoms with Crippen LogP contribution in [0.1, 0.15) is 42.6 Å². The van der Waals surface area contributed by atoms with Crippen LogP contribution < -0.4 is 5.32 Å². The van der Waals surface area contributed by atoms with Crippen molar-refractivity contribution in [2.45, 2.75) is 58.2 Å². The van der Waals surface area contributed by atoms with Crippen LogP contribution in [0, 0.1) is 6.92 Å². The molecule has 6 heteroatoms. The minimum Gasteiger partial charge on any atom is -0.367 e. The number of rotatable bonds is 4. The van der Waals surface area contributed by atoms with Crippen LogP contribution in [0.3, 0.4) is 0 Å². The van der Waals surface area contributed by atoms with Gasteiger partial charge in [-0.15, -0.1) is 0 Å². The molecule has 2 aromatic heterocycles. The van der Waals surface area contributed by atoms with Gasteiger partial charge in [0.25, 0.3) is 0 Å². The van der Waals surface area contributed by atoms with E-state index in [2.05, 4.69) is 36.2 Å². The Morgan fingerprint density at radius 3 is 2.88 bits per heavy atom. The Balaban J connectivity index is 1.31. The number of hydrogen-bond donors (Lipinski definition) is 1. The number of likely N-dealkylation sites (tertiary alicyclic amines) is 1. The van der Waals surface area contributed by atoms with Gasteiger partial charge in [0, 0.05) is 55.2 Å². The molecule has 2 aliphatic heterocycles. The molecule has 24 heavy (non-hydrogen) atoms. The predicted molar refractivity (Wildman–Crippen MR) is 93.9 cm³/mol. The number of aryl methyl sites for hydroxylation is 2. The Bertz CT molecular complexity index is 687. The molecule has 2 aliphatic rings. The number of piperidine rings is 1. The molecule has 0 aliphatic carbocycles. The number of fused-ring (bicyclic) bond motifs is 1. The Labute approximate surface area is 143 Å². The summed E-state index contributed by atoms with van der Waals surface area (Å²) in [6.45, 7) is 6.41. The van der Waals surface area contributed by atoms with Gasteiger partial charge in [0.05, 0.1) is 6.20 Å². The number of hydrogen-bond acceptors (Lipinski definition) is 5. The SMILES string of the molecule is Cc1cc(NC2CCN(Cc3cnn4c3CCCC4)CC2)ncn1. The third-order valence-corrected chi connectivity index (χ3v) is 5.21. The number of nitrogens with zero attached hydrogens (tertiary/aromatic N) is 5. The van der Waals surface area contributed by atoms with Crippen molar-refractivity contribution in [3.8, 4) is 0 Å². The maximum atomic E-state index is 4.56. The number of aromatic nitrogens is 4. The summed E-state index contributed by atoms with van der Waals surface area (Å²) in [7, 11) is 0. The average Bonchev–Trinajstić information content (AvgIpc) is 3.00. The Morgan fingerprint density at radius 2 is 2.04 bits per heavy atom. The van der Waals surface area contributed by atoms with Gasteiger partial charge in [0.1, 0.15) is 12.1 Å². The highest BCUT2D eigenvalue weighted by atomic mass is 15.3. The van der Waals surface area contributed by atoms with Gasteiger partial charge in [-0.05, 0) is 39.0 Å². The van der Waals surface area contributed by atoms with E-state index >= 15 is 0 Å². The average molecular weight is 326 g/mol. The van der Waals surface area contributed by atoms with Gasteiger partial charge in [-0.2, -0.15) is 5.10 Å². The Kier molecular flexibility index (Phi) is 4.47. The highest BCUT2D eigenvalue weighted by molar-refractivity contribution is 5.35. The zero-order chi connectivity index (χ0) is 16.4. The van der Waals surface area contributed by atoms with Crippen molar-refractivity contribution in [3.63, 3.8) is 0 Å². The number of anilines is 1. The molecular formula is C18H26N6. The maximum Gasteiger partial charge on any atom is 0.129 e. The summed E-state index contributed by atoms with van der Waals surface area (Å²) in [6, 6.07) is 2.53. The number of nitrogens with one attached hydrogen (secondary N) is 1. The van der Waals surface area contributed by atoms with Crippen molar-refractivity contribution >= 4 is 5.82 Å². The normalized spacial score (nSPS) is 19.2. The second kappa shape index (κ2) is 6.89. The lowest BCUT2D eigenvalue weighted by atomic mass is 10.0. The monoisotopic (exact) mass is 326 g/mol. The van der Waals surface area contributed by atoms with Crippen LogP contribution in [0.15, 0.2) is 18.6 Å². The molecule has 1 fully saturated rings. The summed E-state index contributed by atoms with van der Waals surface area (Å²) < 4.78 is 2.21. The fourth-order valence-corrected chi connectivity index (χ4v) is 3.84. The molecular weight excluding hydrogens is 300 g/mol. The van der Waals surface area contributed by atoms with Gasteiger partial charge in [-0.25, -0.2) is 9.97 Å². The Hall–Kier alpha value is -1.95. The third kappa shape index (κ3) is 3.43. The zero-order valence-corrected chi connectivity index (χ0v) is 14.4. The first-order valence-corrected chi connectivity index (χ1v) is 9.09. The van der Waals surface area contributed by atoms with Gasteiger partial charge in [0.15, 0.2) is 0 Å². The quantitative estimate of drug-likeness (QED) is 0.935. The second-order valence-electron chi connectivity index (χ2n) is 7.04. The summed E-state index contributed by atoms with van der Waals surface area (Å²) in [5, 5.41) is 8.12. The summed E-state index contributed by atoms with van der Waals surface area (Å²) >= 11 is 0. The lowest BCUT2D eigenvalue weighted by Gasteiger charge is -2.32. The molecule has 0 unspecified atom stereocenters. The van der Waals surface area contributed by atoms with E-state index in [1.54, 1.807) is 6.33 Å². The van der Waals surface area contributed by atoms with E-state index in [9.17, 15) is 0 Å². The van der Waals surface area contributed by atoms with Crippen LogP contribution in [0.4, 0.5) is 5.82 Å². The molecule has 0 bridgehead atoms. The molecule has 0 amide bonds. The summed E-state index contributed by atoms with van der Waals surface area (Å²) in [5.41, 5.74) is 3.92. The summed E-state index contributed by atoms with van der Waals surface area (Å²) in [6.07, 6.45) is 9.82. The van der Waals surface area contributed by atoms with E-state index in [0.717, 1.165) is 50.5 Å². The molecule has 0 radical (unpaired) electrons. The molecule has 6 nitrogen and oxygen atoms in total. The highest BCUT2D eigenvalue weighted by Crippen LogP contribution is 2.22. The van der Waals surface area contributed by atoms with Crippen molar-refractivity contribution in [1.29, 1.82) is 0 Å². The van der Waals surface area contributed by atoms with Gasteiger partial charge in [-0.1, -0.05) is 0 Å². The first kappa shape index (κ1) is 15.6. The fourth-order valence-electron chi connectivity index (χ4n) is 3.84. The Morgan fingerprint density at radius 1 is 1.17 bits per heavy atom. The molecule has 0 saturated carbocycles. The van der Waals surface area contributed by atoms with Crippen LogP contribution in [-0.2, 0) is 19.5 Å². The molecule has 128 valence electrons. The molecule has 1 N–H and O–H groups in total. The van der Waals surface area contributed by atoms with E-state index < -0.39 is 0 Å². The molecule has 1 saturated heterocycles. The smallest absolute Gasteiger partial charge is 0.129 e. The summed E-state index contributed by atoms with van der Waals surface area (Å²) in [5.74, 6) is 0.951.